The monoisotopic (exact) mass is 366 g/mol. The van der Waals surface area contributed by atoms with Gasteiger partial charge in [-0.15, -0.1) is 0 Å². The van der Waals surface area contributed by atoms with E-state index in [0.717, 1.165) is 30.0 Å². The second kappa shape index (κ2) is 8.66. The van der Waals surface area contributed by atoms with Crippen molar-refractivity contribution in [1.82, 2.24) is 10.3 Å². The fraction of sp³-hybridized carbons (Fsp3) is 0.381. The van der Waals surface area contributed by atoms with Crippen molar-refractivity contribution in [3.8, 4) is 0 Å². The number of carbonyl (C=O) groups is 2. The van der Waals surface area contributed by atoms with Gasteiger partial charge in [-0.1, -0.05) is 6.07 Å². The largest absolute Gasteiger partial charge is 0.372 e. The van der Waals surface area contributed by atoms with Crippen LogP contribution >= 0.6 is 0 Å². The summed E-state index contributed by atoms with van der Waals surface area (Å²) in [5.74, 6) is -0.418. The summed E-state index contributed by atoms with van der Waals surface area (Å²) in [7, 11) is 0. The average molecular weight is 366 g/mol. The van der Waals surface area contributed by atoms with E-state index in [9.17, 15) is 9.59 Å². The maximum Gasteiger partial charge on any atom is 0.227 e. The Morgan fingerprint density at radius 2 is 1.96 bits per heavy atom. The number of hydrogen-bond acceptors (Lipinski definition) is 4. The molecule has 2 aromatic rings. The van der Waals surface area contributed by atoms with Crippen LogP contribution in [0.4, 0.5) is 11.4 Å². The molecule has 1 aromatic carbocycles. The highest BCUT2D eigenvalue weighted by Gasteiger charge is 2.35. The molecule has 6 heteroatoms. The summed E-state index contributed by atoms with van der Waals surface area (Å²) in [6, 6.07) is 11.7. The number of benzene rings is 1. The molecule has 0 saturated carbocycles. The fourth-order valence-corrected chi connectivity index (χ4v) is 3.40. The third kappa shape index (κ3) is 4.45. The Labute approximate surface area is 160 Å². The van der Waals surface area contributed by atoms with Crippen molar-refractivity contribution >= 4 is 23.2 Å². The number of nitrogens with one attached hydrogen (secondary N) is 1. The average Bonchev–Trinajstić information content (AvgIpc) is 3.10. The van der Waals surface area contributed by atoms with Crippen LogP contribution in [0, 0.1) is 5.92 Å². The molecule has 142 valence electrons. The Balaban J connectivity index is 1.60. The lowest BCUT2D eigenvalue weighted by molar-refractivity contribution is -0.126. The van der Waals surface area contributed by atoms with Crippen LogP contribution in [0.1, 0.15) is 25.8 Å². The first kappa shape index (κ1) is 18.9. The van der Waals surface area contributed by atoms with Gasteiger partial charge in [-0.3, -0.25) is 14.6 Å². The first-order chi connectivity index (χ1) is 13.1. The smallest absolute Gasteiger partial charge is 0.227 e. The summed E-state index contributed by atoms with van der Waals surface area (Å²) in [6.45, 7) is 6.97. The molecule has 6 nitrogen and oxygen atoms in total. The lowest BCUT2D eigenvalue weighted by Gasteiger charge is -2.22. The molecule has 1 N–H and O–H groups in total. The van der Waals surface area contributed by atoms with Gasteiger partial charge in [0.1, 0.15) is 0 Å². The number of carbonyl (C=O) groups excluding carboxylic acids is 2. The molecule has 1 saturated heterocycles. The SMILES string of the molecule is CCN(CC)c1ccc(N2CC(C(=O)NCc3cccnc3)CC2=O)cc1. The van der Waals surface area contributed by atoms with E-state index in [4.69, 9.17) is 0 Å². The maximum atomic E-state index is 12.4. The number of pyridine rings is 1. The molecule has 1 unspecified atom stereocenters. The molecule has 0 spiro atoms. The van der Waals surface area contributed by atoms with Gasteiger partial charge in [-0.05, 0) is 49.7 Å². The standard InChI is InChI=1S/C21H26N4O2/c1-3-24(4-2)18-7-9-19(10-8-18)25-15-17(12-20(25)26)21(27)23-14-16-6-5-11-22-13-16/h5-11,13,17H,3-4,12,14-15H2,1-2H3,(H,23,27). The van der Waals surface area contributed by atoms with Crippen molar-refractivity contribution in [2.45, 2.75) is 26.8 Å². The molecule has 0 bridgehead atoms. The van der Waals surface area contributed by atoms with E-state index in [2.05, 4.69) is 29.0 Å². The lowest BCUT2D eigenvalue weighted by atomic mass is 10.1. The summed E-state index contributed by atoms with van der Waals surface area (Å²) in [4.78, 5) is 32.9. The van der Waals surface area contributed by atoms with Gasteiger partial charge < -0.3 is 15.1 Å². The van der Waals surface area contributed by atoms with Crippen molar-refractivity contribution in [3.63, 3.8) is 0 Å². The van der Waals surface area contributed by atoms with Crippen LogP contribution in [0.3, 0.4) is 0 Å². The first-order valence-corrected chi connectivity index (χ1v) is 9.44. The van der Waals surface area contributed by atoms with E-state index < -0.39 is 0 Å². The summed E-state index contributed by atoms with van der Waals surface area (Å²) < 4.78 is 0. The number of aromatic nitrogens is 1. The molecule has 1 aliphatic heterocycles. The molecule has 2 amide bonds. The van der Waals surface area contributed by atoms with Crippen LogP contribution in [0.2, 0.25) is 0 Å². The zero-order chi connectivity index (χ0) is 19.2. The Bertz CT molecular complexity index is 773. The Morgan fingerprint density at radius 1 is 1.22 bits per heavy atom. The molecule has 1 aliphatic rings. The summed E-state index contributed by atoms with van der Waals surface area (Å²) in [5.41, 5.74) is 2.93. The summed E-state index contributed by atoms with van der Waals surface area (Å²) in [5, 5.41) is 2.91. The minimum atomic E-state index is -0.323. The van der Waals surface area contributed by atoms with Gasteiger partial charge in [0.2, 0.25) is 11.8 Å². The Morgan fingerprint density at radius 3 is 2.59 bits per heavy atom. The van der Waals surface area contributed by atoms with Crippen LogP contribution in [-0.4, -0.2) is 36.4 Å². The second-order valence-corrected chi connectivity index (χ2v) is 6.67. The molecule has 0 radical (unpaired) electrons. The highest BCUT2D eigenvalue weighted by Crippen LogP contribution is 2.27. The number of hydrogen-bond donors (Lipinski definition) is 1. The zero-order valence-electron chi connectivity index (χ0n) is 15.9. The number of rotatable bonds is 7. The normalized spacial score (nSPS) is 16.4. The van der Waals surface area contributed by atoms with Gasteiger partial charge in [0.05, 0.1) is 5.92 Å². The summed E-state index contributed by atoms with van der Waals surface area (Å²) in [6.07, 6.45) is 3.67. The summed E-state index contributed by atoms with van der Waals surface area (Å²) >= 11 is 0. The highest BCUT2D eigenvalue weighted by molar-refractivity contribution is 6.00. The highest BCUT2D eigenvalue weighted by atomic mass is 16.2. The molecular weight excluding hydrogens is 340 g/mol. The molecule has 1 fully saturated rings. The van der Waals surface area contributed by atoms with Crippen molar-refractivity contribution in [1.29, 1.82) is 0 Å². The third-order valence-corrected chi connectivity index (χ3v) is 4.98. The van der Waals surface area contributed by atoms with Crippen molar-refractivity contribution < 1.29 is 9.59 Å². The number of nitrogens with zero attached hydrogens (tertiary/aromatic N) is 3. The molecular formula is C21H26N4O2. The minimum absolute atomic E-state index is 0.00730. The zero-order valence-corrected chi connectivity index (χ0v) is 15.9. The number of amides is 2. The van der Waals surface area contributed by atoms with Crippen LogP contribution < -0.4 is 15.1 Å². The van der Waals surface area contributed by atoms with Gasteiger partial charge in [0.15, 0.2) is 0 Å². The molecule has 0 aliphatic carbocycles. The van der Waals surface area contributed by atoms with E-state index in [1.165, 1.54) is 0 Å². The predicted molar refractivity (Wildman–Crippen MR) is 107 cm³/mol. The second-order valence-electron chi connectivity index (χ2n) is 6.67. The van der Waals surface area contributed by atoms with E-state index in [0.29, 0.717) is 13.1 Å². The first-order valence-electron chi connectivity index (χ1n) is 9.44. The Hall–Kier alpha value is -2.89. The fourth-order valence-electron chi connectivity index (χ4n) is 3.40. The van der Waals surface area contributed by atoms with E-state index in [-0.39, 0.29) is 24.2 Å². The molecule has 2 heterocycles. The van der Waals surface area contributed by atoms with Crippen LogP contribution in [0.5, 0.6) is 0 Å². The van der Waals surface area contributed by atoms with E-state index >= 15 is 0 Å². The minimum Gasteiger partial charge on any atom is -0.372 e. The third-order valence-electron chi connectivity index (χ3n) is 4.98. The molecule has 27 heavy (non-hydrogen) atoms. The van der Waals surface area contributed by atoms with Crippen LogP contribution in [0.25, 0.3) is 0 Å². The van der Waals surface area contributed by atoms with Crippen LogP contribution in [0.15, 0.2) is 48.8 Å². The van der Waals surface area contributed by atoms with Gasteiger partial charge in [0.25, 0.3) is 0 Å². The lowest BCUT2D eigenvalue weighted by Crippen LogP contribution is -2.32. The Kier molecular flexibility index (Phi) is 6.06. The van der Waals surface area contributed by atoms with Crippen LogP contribution in [-0.2, 0) is 16.1 Å². The quantitative estimate of drug-likeness (QED) is 0.818. The topological polar surface area (TPSA) is 65.5 Å². The molecule has 1 aromatic heterocycles. The van der Waals surface area contributed by atoms with Gasteiger partial charge >= 0.3 is 0 Å². The molecule has 3 rings (SSSR count). The van der Waals surface area contributed by atoms with Gasteiger partial charge in [0, 0.05) is 56.4 Å². The van der Waals surface area contributed by atoms with Gasteiger partial charge in [-0.2, -0.15) is 0 Å². The van der Waals surface area contributed by atoms with Crippen molar-refractivity contribution in [2.24, 2.45) is 5.92 Å². The number of anilines is 2. The van der Waals surface area contributed by atoms with Gasteiger partial charge in [-0.25, -0.2) is 0 Å². The maximum absolute atomic E-state index is 12.4. The van der Waals surface area contributed by atoms with Crippen molar-refractivity contribution in [3.05, 3.63) is 54.4 Å². The van der Waals surface area contributed by atoms with E-state index in [1.807, 2.05) is 36.4 Å². The van der Waals surface area contributed by atoms with Crippen molar-refractivity contribution in [2.75, 3.05) is 29.4 Å². The van der Waals surface area contributed by atoms with E-state index in [1.54, 1.807) is 17.3 Å². The predicted octanol–water partition coefficient (Wildman–Crippen LogP) is 2.60. The molecule has 1 atom stereocenters.